The second kappa shape index (κ2) is 5.09. The Kier molecular flexibility index (Phi) is 3.77. The molecule has 0 radical (unpaired) electrons. The second-order valence-electron chi connectivity index (χ2n) is 6.03. The molecule has 1 aliphatic rings. The van der Waals surface area contributed by atoms with Crippen molar-refractivity contribution in [2.45, 2.75) is 33.2 Å². The van der Waals surface area contributed by atoms with Crippen molar-refractivity contribution in [2.24, 2.45) is 5.41 Å². The fraction of sp³-hybridized carbons (Fsp3) is 0.615. The number of nitrogens with zero attached hydrogens (tertiary/aromatic N) is 3. The minimum atomic E-state index is -1.10. The molecule has 1 saturated heterocycles. The summed E-state index contributed by atoms with van der Waals surface area (Å²) in [6, 6.07) is -0.139. The first-order valence-electron chi connectivity index (χ1n) is 6.47. The van der Waals surface area contributed by atoms with Crippen LogP contribution in [-0.4, -0.2) is 44.8 Å². The lowest BCUT2D eigenvalue weighted by molar-refractivity contribution is -0.138. The van der Waals surface area contributed by atoms with Crippen LogP contribution in [0.15, 0.2) is 6.20 Å². The summed E-state index contributed by atoms with van der Waals surface area (Å²) >= 11 is 5.85. The predicted octanol–water partition coefficient (Wildman–Crippen LogP) is 2.05. The zero-order valence-electron chi connectivity index (χ0n) is 11.8. The number of carbonyl (C=O) groups is 2. The molecule has 1 N–H and O–H groups in total. The summed E-state index contributed by atoms with van der Waals surface area (Å²) in [4.78, 5) is 25.2. The Balaban J connectivity index is 2.18. The van der Waals surface area contributed by atoms with Gasteiger partial charge in [0.05, 0.1) is 17.3 Å². The van der Waals surface area contributed by atoms with Crippen molar-refractivity contribution in [1.29, 1.82) is 0 Å². The average Bonchev–Trinajstić information content (AvgIpc) is 2.92. The summed E-state index contributed by atoms with van der Waals surface area (Å²) in [6.07, 6.45) is 2.01. The van der Waals surface area contributed by atoms with Crippen molar-refractivity contribution in [1.82, 2.24) is 14.7 Å². The molecule has 110 valence electrons. The molecule has 0 aromatic carbocycles. The Labute approximate surface area is 122 Å². The number of hydrogen-bond acceptors (Lipinski definition) is 3. The highest BCUT2D eigenvalue weighted by Gasteiger charge is 2.35. The van der Waals surface area contributed by atoms with E-state index in [9.17, 15) is 14.7 Å². The molecule has 0 spiro atoms. The molecule has 1 aromatic heterocycles. The molecular formula is C13H18ClN3O3. The van der Waals surface area contributed by atoms with E-state index in [2.05, 4.69) is 5.10 Å². The van der Waals surface area contributed by atoms with Crippen LogP contribution in [0.4, 0.5) is 0 Å². The van der Waals surface area contributed by atoms with Gasteiger partial charge in [-0.1, -0.05) is 32.4 Å². The van der Waals surface area contributed by atoms with Gasteiger partial charge >= 0.3 is 5.97 Å². The predicted molar refractivity (Wildman–Crippen MR) is 73.9 cm³/mol. The number of halogens is 1. The maximum atomic E-state index is 12.2. The van der Waals surface area contributed by atoms with Gasteiger partial charge in [0.2, 0.25) is 5.91 Å². The first kappa shape index (κ1) is 14.8. The molecule has 7 heteroatoms. The number of carboxylic acid groups (broad SMARTS) is 1. The minimum Gasteiger partial charge on any atom is -0.476 e. The maximum absolute atomic E-state index is 12.2. The lowest BCUT2D eigenvalue weighted by Gasteiger charge is -2.25. The van der Waals surface area contributed by atoms with E-state index >= 15 is 0 Å². The molecule has 0 unspecified atom stereocenters. The third-order valence-corrected chi connectivity index (χ3v) is 3.67. The van der Waals surface area contributed by atoms with Crippen LogP contribution < -0.4 is 0 Å². The Morgan fingerprint density at radius 1 is 1.45 bits per heavy atom. The highest BCUT2D eigenvalue weighted by atomic mass is 35.5. The monoisotopic (exact) mass is 299 g/mol. The second-order valence-corrected chi connectivity index (χ2v) is 6.44. The van der Waals surface area contributed by atoms with E-state index in [0.29, 0.717) is 19.5 Å². The third kappa shape index (κ3) is 2.65. The van der Waals surface area contributed by atoms with Crippen molar-refractivity contribution in [2.75, 3.05) is 13.1 Å². The number of aromatic carboxylic acids is 1. The zero-order chi connectivity index (χ0) is 15.1. The van der Waals surface area contributed by atoms with Crippen molar-refractivity contribution < 1.29 is 14.7 Å². The number of carbonyl (C=O) groups excluding carboxylic acids is 1. The van der Waals surface area contributed by atoms with Gasteiger partial charge in [0.1, 0.15) is 0 Å². The molecule has 0 saturated carbocycles. The van der Waals surface area contributed by atoms with Crippen LogP contribution in [0.25, 0.3) is 0 Å². The van der Waals surface area contributed by atoms with Crippen LogP contribution in [0, 0.1) is 5.41 Å². The van der Waals surface area contributed by atoms with E-state index in [1.807, 2.05) is 20.8 Å². The molecule has 2 heterocycles. The largest absolute Gasteiger partial charge is 0.476 e. The molecule has 2 rings (SSSR count). The van der Waals surface area contributed by atoms with E-state index in [4.69, 9.17) is 11.6 Å². The smallest absolute Gasteiger partial charge is 0.355 e. The molecule has 1 fully saturated rings. The Morgan fingerprint density at radius 2 is 2.10 bits per heavy atom. The van der Waals surface area contributed by atoms with Crippen LogP contribution in [0.2, 0.25) is 5.02 Å². The van der Waals surface area contributed by atoms with Crippen LogP contribution in [0.1, 0.15) is 43.7 Å². The van der Waals surface area contributed by atoms with Crippen LogP contribution in [0.5, 0.6) is 0 Å². The van der Waals surface area contributed by atoms with Gasteiger partial charge in [-0.15, -0.1) is 0 Å². The highest BCUT2D eigenvalue weighted by molar-refractivity contribution is 6.33. The van der Waals surface area contributed by atoms with Crippen molar-refractivity contribution in [3.05, 3.63) is 16.9 Å². The molecule has 0 bridgehead atoms. The molecule has 1 aliphatic heterocycles. The quantitative estimate of drug-likeness (QED) is 0.907. The summed E-state index contributed by atoms with van der Waals surface area (Å²) in [6.45, 7) is 6.69. The number of amides is 1. The Bertz CT molecular complexity index is 548. The van der Waals surface area contributed by atoms with Gasteiger partial charge in [-0.05, 0) is 6.42 Å². The maximum Gasteiger partial charge on any atom is 0.355 e. The van der Waals surface area contributed by atoms with Gasteiger partial charge in [-0.3, -0.25) is 9.48 Å². The highest BCUT2D eigenvalue weighted by Crippen LogP contribution is 2.29. The number of likely N-dealkylation sites (tertiary alicyclic amines) is 1. The van der Waals surface area contributed by atoms with E-state index in [1.54, 1.807) is 4.90 Å². The summed E-state index contributed by atoms with van der Waals surface area (Å²) in [5.74, 6) is -1.04. The van der Waals surface area contributed by atoms with E-state index in [-0.39, 0.29) is 22.7 Å². The zero-order valence-corrected chi connectivity index (χ0v) is 12.5. The molecule has 1 atom stereocenters. The molecule has 0 aliphatic carbocycles. The lowest BCUT2D eigenvalue weighted by atomic mass is 9.95. The first-order valence-corrected chi connectivity index (χ1v) is 6.85. The standard InChI is InChI=1S/C13H18ClN3O3/c1-13(2,3)12(20)16-5-4-8(7-16)17-10(11(18)19)9(14)6-15-17/h6,8H,4-5,7H2,1-3H3,(H,18,19)/t8-/m1/s1. The number of hydrogen-bond donors (Lipinski definition) is 1. The van der Waals surface area contributed by atoms with Gasteiger partial charge in [-0.25, -0.2) is 4.79 Å². The van der Waals surface area contributed by atoms with Gasteiger partial charge in [0.15, 0.2) is 5.69 Å². The van der Waals surface area contributed by atoms with Gasteiger partial charge in [0.25, 0.3) is 0 Å². The third-order valence-electron chi connectivity index (χ3n) is 3.39. The van der Waals surface area contributed by atoms with Crippen LogP contribution >= 0.6 is 11.6 Å². The molecule has 6 nitrogen and oxygen atoms in total. The number of rotatable bonds is 2. The van der Waals surface area contributed by atoms with Gasteiger partial charge in [-0.2, -0.15) is 5.10 Å². The minimum absolute atomic E-state index is 0.0123. The Hall–Kier alpha value is -1.56. The molecular weight excluding hydrogens is 282 g/mol. The summed E-state index contributed by atoms with van der Waals surface area (Å²) < 4.78 is 1.42. The molecule has 20 heavy (non-hydrogen) atoms. The Morgan fingerprint density at radius 3 is 2.65 bits per heavy atom. The fourth-order valence-corrected chi connectivity index (χ4v) is 2.63. The van der Waals surface area contributed by atoms with Crippen molar-refractivity contribution >= 4 is 23.5 Å². The van der Waals surface area contributed by atoms with E-state index in [0.717, 1.165) is 0 Å². The van der Waals surface area contributed by atoms with Crippen molar-refractivity contribution in [3.63, 3.8) is 0 Å². The number of aromatic nitrogens is 2. The van der Waals surface area contributed by atoms with Crippen LogP contribution in [-0.2, 0) is 4.79 Å². The fourth-order valence-electron chi connectivity index (χ4n) is 2.42. The van der Waals surface area contributed by atoms with Crippen LogP contribution in [0.3, 0.4) is 0 Å². The molecule has 1 amide bonds. The topological polar surface area (TPSA) is 75.4 Å². The lowest BCUT2D eigenvalue weighted by Crippen LogP contribution is -2.38. The summed E-state index contributed by atoms with van der Waals surface area (Å²) in [5.41, 5.74) is -0.451. The average molecular weight is 300 g/mol. The SMILES string of the molecule is CC(C)(C)C(=O)N1CC[C@@H](n2ncc(Cl)c2C(=O)O)C1. The summed E-state index contributed by atoms with van der Waals surface area (Å²) in [5, 5.41) is 13.3. The first-order chi connectivity index (χ1) is 9.21. The number of carboxylic acids is 1. The van der Waals surface area contributed by atoms with Gasteiger partial charge < -0.3 is 10.0 Å². The van der Waals surface area contributed by atoms with E-state index in [1.165, 1.54) is 10.9 Å². The van der Waals surface area contributed by atoms with Crippen molar-refractivity contribution in [3.8, 4) is 0 Å². The van der Waals surface area contributed by atoms with E-state index < -0.39 is 11.4 Å². The molecule has 1 aromatic rings. The normalized spacial score (nSPS) is 19.4. The summed E-state index contributed by atoms with van der Waals surface area (Å²) in [7, 11) is 0. The van der Waals surface area contributed by atoms with Gasteiger partial charge in [0, 0.05) is 18.5 Å².